The number of aliphatic hydroxyl groups is 1. The van der Waals surface area contributed by atoms with Gasteiger partial charge in [-0.25, -0.2) is 4.98 Å². The molecule has 0 radical (unpaired) electrons. The first-order valence-electron chi connectivity index (χ1n) is 11.1. The highest BCUT2D eigenvalue weighted by atomic mass is 19.4. The van der Waals surface area contributed by atoms with E-state index in [2.05, 4.69) is 20.5 Å². The average Bonchev–Trinajstić information content (AvgIpc) is 3.56. The van der Waals surface area contributed by atoms with E-state index in [1.54, 1.807) is 29.1 Å². The number of nitrogens with zero attached hydrogens (tertiary/aromatic N) is 4. The molecule has 2 N–H and O–H groups in total. The summed E-state index contributed by atoms with van der Waals surface area (Å²) in [5.41, 5.74) is 2.69. The molecule has 3 saturated carbocycles. The van der Waals surface area contributed by atoms with E-state index in [4.69, 9.17) is 0 Å². The Bertz CT molecular complexity index is 1190. The second kappa shape index (κ2) is 6.91. The van der Waals surface area contributed by atoms with Crippen LogP contribution in [0.4, 0.5) is 19.1 Å². The average molecular weight is 443 g/mol. The Kier molecular flexibility index (Phi) is 4.31. The second-order valence-electron chi connectivity index (χ2n) is 9.67. The maximum Gasteiger partial charge on any atom is 0.393 e. The van der Waals surface area contributed by atoms with Crippen LogP contribution in [0.15, 0.2) is 30.7 Å². The molecule has 1 unspecified atom stereocenters. The molecule has 0 bridgehead atoms. The topological polar surface area (TPSA) is 75.3 Å². The number of aliphatic hydroxyl groups excluding tert-OH is 1. The third kappa shape index (κ3) is 3.52. The molecule has 6 nitrogen and oxygen atoms in total. The number of benzene rings is 1. The zero-order valence-corrected chi connectivity index (χ0v) is 17.4. The van der Waals surface area contributed by atoms with Gasteiger partial charge in [0.2, 0.25) is 5.95 Å². The highest BCUT2D eigenvalue weighted by molar-refractivity contribution is 5.79. The molecule has 168 valence electrons. The van der Waals surface area contributed by atoms with Crippen LogP contribution in [-0.2, 0) is 6.42 Å². The molecule has 3 aromatic rings. The highest BCUT2D eigenvalue weighted by Gasteiger charge is 2.57. The van der Waals surface area contributed by atoms with E-state index in [1.165, 1.54) is 0 Å². The van der Waals surface area contributed by atoms with Crippen molar-refractivity contribution in [1.82, 2.24) is 19.6 Å². The molecular weight excluding hydrogens is 419 g/mol. The number of halogens is 3. The van der Waals surface area contributed by atoms with Crippen LogP contribution in [0.5, 0.6) is 0 Å². The summed E-state index contributed by atoms with van der Waals surface area (Å²) in [6, 6.07) is 5.51. The van der Waals surface area contributed by atoms with E-state index in [0.717, 1.165) is 44.1 Å². The van der Waals surface area contributed by atoms with E-state index in [0.29, 0.717) is 28.6 Å². The van der Waals surface area contributed by atoms with Gasteiger partial charge in [-0.15, -0.1) is 10.2 Å². The van der Waals surface area contributed by atoms with Crippen LogP contribution >= 0.6 is 0 Å². The van der Waals surface area contributed by atoms with Crippen LogP contribution in [0.2, 0.25) is 0 Å². The highest BCUT2D eigenvalue weighted by Crippen LogP contribution is 2.58. The number of nitrogens with one attached hydrogen (secondary N) is 1. The number of alkyl halides is 3. The Labute approximate surface area is 182 Å². The lowest BCUT2D eigenvalue weighted by Crippen LogP contribution is -2.20. The molecule has 3 aliphatic carbocycles. The van der Waals surface area contributed by atoms with Crippen molar-refractivity contribution in [3.05, 3.63) is 41.9 Å². The first-order valence-corrected chi connectivity index (χ1v) is 11.1. The summed E-state index contributed by atoms with van der Waals surface area (Å²) in [4.78, 5) is 4.22. The van der Waals surface area contributed by atoms with Crippen LogP contribution in [0.25, 0.3) is 16.8 Å². The third-order valence-corrected chi connectivity index (χ3v) is 7.30. The molecule has 0 aliphatic heterocycles. The molecule has 6 rings (SSSR count). The molecule has 9 heteroatoms. The number of rotatable bonds is 5. The van der Waals surface area contributed by atoms with Crippen molar-refractivity contribution < 1.29 is 18.3 Å². The number of hydrogen-bond acceptors (Lipinski definition) is 5. The first kappa shape index (κ1) is 20.0. The van der Waals surface area contributed by atoms with Gasteiger partial charge in [0, 0.05) is 17.0 Å². The largest absolute Gasteiger partial charge is 0.393 e. The standard InChI is InChI=1S/C23H24F3N5O/c24-23(25,26)8-15-7-14(13-1-2-13)3-4-17(15)20-18-11-27-12-31(18)21(30-29-20)28-16-5-6-22(9-16)10-19(22)32/h3-4,7,11-13,16,19,32H,1-2,5-6,8-10H2,(H,28,30)/t16-,19+,22?/m0/s1. The Morgan fingerprint density at radius 1 is 1.16 bits per heavy atom. The monoisotopic (exact) mass is 443 g/mol. The van der Waals surface area contributed by atoms with Crippen LogP contribution in [-0.4, -0.2) is 43.0 Å². The molecular formula is C23H24F3N5O. The Hall–Kier alpha value is -2.68. The van der Waals surface area contributed by atoms with Crippen molar-refractivity contribution in [3.63, 3.8) is 0 Å². The molecule has 1 spiro atoms. The molecule has 0 amide bonds. The fourth-order valence-corrected chi connectivity index (χ4v) is 5.28. The lowest BCUT2D eigenvalue weighted by Gasteiger charge is -2.17. The van der Waals surface area contributed by atoms with Gasteiger partial charge >= 0.3 is 6.18 Å². The quantitative estimate of drug-likeness (QED) is 0.608. The van der Waals surface area contributed by atoms with Crippen LogP contribution in [0, 0.1) is 5.41 Å². The number of aromatic nitrogens is 4. The van der Waals surface area contributed by atoms with Crippen LogP contribution in [0.3, 0.4) is 0 Å². The Morgan fingerprint density at radius 2 is 1.97 bits per heavy atom. The van der Waals surface area contributed by atoms with Crippen molar-refractivity contribution >= 4 is 11.5 Å². The molecule has 3 atom stereocenters. The van der Waals surface area contributed by atoms with E-state index < -0.39 is 12.6 Å². The summed E-state index contributed by atoms with van der Waals surface area (Å²) in [5.74, 6) is 0.883. The van der Waals surface area contributed by atoms with Crippen molar-refractivity contribution in [3.8, 4) is 11.3 Å². The van der Waals surface area contributed by atoms with E-state index in [9.17, 15) is 18.3 Å². The maximum atomic E-state index is 13.3. The van der Waals surface area contributed by atoms with Gasteiger partial charge in [0.25, 0.3) is 0 Å². The minimum Gasteiger partial charge on any atom is -0.393 e. The summed E-state index contributed by atoms with van der Waals surface area (Å²) in [7, 11) is 0. The van der Waals surface area contributed by atoms with E-state index in [1.807, 2.05) is 6.07 Å². The van der Waals surface area contributed by atoms with Gasteiger partial charge in [-0.2, -0.15) is 13.2 Å². The Morgan fingerprint density at radius 3 is 2.66 bits per heavy atom. The maximum absolute atomic E-state index is 13.3. The number of anilines is 1. The molecule has 32 heavy (non-hydrogen) atoms. The predicted octanol–water partition coefficient (Wildman–Crippen LogP) is 4.49. The summed E-state index contributed by atoms with van der Waals surface area (Å²) in [6.45, 7) is 0. The normalized spacial score (nSPS) is 27.4. The summed E-state index contributed by atoms with van der Waals surface area (Å²) < 4.78 is 41.8. The summed E-state index contributed by atoms with van der Waals surface area (Å²) in [5, 5.41) is 22.0. The number of imidazole rings is 1. The summed E-state index contributed by atoms with van der Waals surface area (Å²) in [6.07, 6.45) is 3.41. The third-order valence-electron chi connectivity index (χ3n) is 7.30. The lowest BCUT2D eigenvalue weighted by atomic mass is 9.96. The van der Waals surface area contributed by atoms with Crippen molar-refractivity contribution in [2.75, 3.05) is 5.32 Å². The zero-order valence-electron chi connectivity index (χ0n) is 17.4. The number of hydrogen-bond donors (Lipinski definition) is 2. The van der Waals surface area contributed by atoms with Gasteiger partial charge in [-0.1, -0.05) is 18.2 Å². The van der Waals surface area contributed by atoms with E-state index in [-0.39, 0.29) is 23.1 Å². The number of fused-ring (bicyclic) bond motifs is 1. The fraction of sp³-hybridized carbons (Fsp3) is 0.522. The van der Waals surface area contributed by atoms with Gasteiger partial charge in [0.1, 0.15) is 12.0 Å². The van der Waals surface area contributed by atoms with Crippen molar-refractivity contribution in [1.29, 1.82) is 0 Å². The van der Waals surface area contributed by atoms with Gasteiger partial charge in [-0.3, -0.25) is 4.40 Å². The minimum absolute atomic E-state index is 0.0505. The van der Waals surface area contributed by atoms with Crippen molar-refractivity contribution in [2.45, 2.75) is 69.2 Å². The first-order chi connectivity index (χ1) is 15.3. The predicted molar refractivity (Wildman–Crippen MR) is 112 cm³/mol. The minimum atomic E-state index is -4.31. The van der Waals surface area contributed by atoms with Crippen LogP contribution in [0.1, 0.15) is 55.6 Å². The Balaban J connectivity index is 1.35. The van der Waals surface area contributed by atoms with Gasteiger partial charge in [0.15, 0.2) is 0 Å². The zero-order chi connectivity index (χ0) is 22.1. The molecule has 3 aliphatic rings. The molecule has 1 aromatic carbocycles. The van der Waals surface area contributed by atoms with Crippen LogP contribution < -0.4 is 5.32 Å². The van der Waals surface area contributed by atoms with Gasteiger partial charge < -0.3 is 10.4 Å². The molecule has 3 fully saturated rings. The summed E-state index contributed by atoms with van der Waals surface area (Å²) >= 11 is 0. The fourth-order valence-electron chi connectivity index (χ4n) is 5.28. The second-order valence-corrected chi connectivity index (χ2v) is 9.67. The smallest absolute Gasteiger partial charge is 0.393 e. The molecule has 2 aromatic heterocycles. The molecule has 2 heterocycles. The molecule has 0 saturated heterocycles. The van der Waals surface area contributed by atoms with Gasteiger partial charge in [0.05, 0.1) is 24.2 Å². The van der Waals surface area contributed by atoms with Crippen molar-refractivity contribution in [2.24, 2.45) is 5.41 Å². The van der Waals surface area contributed by atoms with E-state index >= 15 is 0 Å². The lowest BCUT2D eigenvalue weighted by molar-refractivity contribution is -0.127. The SMILES string of the molecule is O[C@@H]1CC12CC[C@H](Nc1nnc(-c3ccc(C4CC4)cc3CC(F)(F)F)c3cncn13)C2. The van der Waals surface area contributed by atoms with Gasteiger partial charge in [-0.05, 0) is 55.6 Å².